The van der Waals surface area contributed by atoms with Crippen molar-refractivity contribution in [2.75, 3.05) is 13.7 Å². The van der Waals surface area contributed by atoms with E-state index in [1.165, 1.54) is 31.4 Å². The van der Waals surface area contributed by atoms with Crippen molar-refractivity contribution in [2.45, 2.75) is 6.92 Å². The Labute approximate surface area is 153 Å². The number of hydrogen-bond acceptors (Lipinski definition) is 5. The minimum absolute atomic E-state index is 0.0429. The highest BCUT2D eigenvalue weighted by Gasteiger charge is 2.17. The molecular weight excluding hydrogens is 390 g/mol. The van der Waals surface area contributed by atoms with Crippen LogP contribution in [0.4, 0.5) is 5.69 Å². The molecule has 0 aliphatic rings. The molecule has 0 unspecified atom stereocenters. The number of hydrogen-bond donors (Lipinski definition) is 0. The SMILES string of the molecule is CCOc1cc(/C=C/C(=O)c2ccccc2[N+](=O)[O-])cc(Br)c1OC. The predicted molar refractivity (Wildman–Crippen MR) is 98.3 cm³/mol. The number of nitro benzene ring substituents is 1. The summed E-state index contributed by atoms with van der Waals surface area (Å²) in [5, 5.41) is 11.0. The van der Waals surface area contributed by atoms with Gasteiger partial charge in [0.05, 0.1) is 28.7 Å². The van der Waals surface area contributed by atoms with Crippen LogP contribution in [0.25, 0.3) is 6.08 Å². The van der Waals surface area contributed by atoms with Crippen LogP contribution in [-0.2, 0) is 0 Å². The Morgan fingerprint density at radius 1 is 1.32 bits per heavy atom. The van der Waals surface area contributed by atoms with E-state index in [4.69, 9.17) is 9.47 Å². The van der Waals surface area contributed by atoms with E-state index < -0.39 is 10.7 Å². The molecule has 0 heterocycles. The molecule has 0 aromatic heterocycles. The Morgan fingerprint density at radius 2 is 2.04 bits per heavy atom. The predicted octanol–water partition coefficient (Wildman–Crippen LogP) is 4.66. The summed E-state index contributed by atoms with van der Waals surface area (Å²) in [5.74, 6) is 0.651. The molecule has 0 aliphatic carbocycles. The molecule has 0 N–H and O–H groups in total. The van der Waals surface area contributed by atoms with Crippen LogP contribution in [0.5, 0.6) is 11.5 Å². The van der Waals surface area contributed by atoms with Crippen LogP contribution in [-0.4, -0.2) is 24.4 Å². The first kappa shape index (κ1) is 18.7. The number of carbonyl (C=O) groups excluding carboxylic acids is 1. The van der Waals surface area contributed by atoms with Gasteiger partial charge in [-0.05, 0) is 52.7 Å². The van der Waals surface area contributed by atoms with Gasteiger partial charge in [-0.15, -0.1) is 0 Å². The van der Waals surface area contributed by atoms with Crippen molar-refractivity contribution >= 4 is 33.5 Å². The van der Waals surface area contributed by atoms with Crippen LogP contribution in [0.3, 0.4) is 0 Å². The molecule has 0 amide bonds. The van der Waals surface area contributed by atoms with Gasteiger partial charge < -0.3 is 9.47 Å². The topological polar surface area (TPSA) is 78.7 Å². The summed E-state index contributed by atoms with van der Waals surface area (Å²) in [7, 11) is 1.54. The number of ketones is 1. The van der Waals surface area contributed by atoms with E-state index in [0.717, 1.165) is 0 Å². The average molecular weight is 406 g/mol. The summed E-state index contributed by atoms with van der Waals surface area (Å²) in [4.78, 5) is 22.8. The third kappa shape index (κ3) is 4.45. The van der Waals surface area contributed by atoms with E-state index in [2.05, 4.69) is 15.9 Å². The number of methoxy groups -OCH3 is 1. The van der Waals surface area contributed by atoms with Gasteiger partial charge in [0, 0.05) is 6.07 Å². The second-order valence-corrected chi connectivity index (χ2v) is 5.79. The fourth-order valence-corrected chi connectivity index (χ4v) is 2.87. The van der Waals surface area contributed by atoms with E-state index in [-0.39, 0.29) is 11.3 Å². The lowest BCUT2D eigenvalue weighted by Crippen LogP contribution is -2.00. The van der Waals surface area contributed by atoms with Gasteiger partial charge in [0.1, 0.15) is 0 Å². The monoisotopic (exact) mass is 405 g/mol. The summed E-state index contributed by atoms with van der Waals surface area (Å²) in [5.41, 5.74) is 0.521. The molecule has 0 atom stereocenters. The summed E-state index contributed by atoms with van der Waals surface area (Å²) in [6, 6.07) is 9.35. The van der Waals surface area contributed by atoms with Gasteiger partial charge in [0.15, 0.2) is 17.3 Å². The maximum Gasteiger partial charge on any atom is 0.280 e. The molecule has 25 heavy (non-hydrogen) atoms. The molecule has 0 saturated heterocycles. The number of rotatable bonds is 7. The highest BCUT2D eigenvalue weighted by molar-refractivity contribution is 9.10. The van der Waals surface area contributed by atoms with Crippen LogP contribution in [0, 0.1) is 10.1 Å². The van der Waals surface area contributed by atoms with Crippen molar-refractivity contribution in [3.8, 4) is 11.5 Å². The maximum absolute atomic E-state index is 12.3. The second-order valence-electron chi connectivity index (χ2n) is 4.94. The lowest BCUT2D eigenvalue weighted by Gasteiger charge is -2.12. The highest BCUT2D eigenvalue weighted by atomic mass is 79.9. The quantitative estimate of drug-likeness (QED) is 0.289. The fourth-order valence-electron chi connectivity index (χ4n) is 2.25. The molecule has 2 aromatic rings. The molecule has 0 fully saturated rings. The number of benzene rings is 2. The van der Waals surface area contributed by atoms with Gasteiger partial charge in [-0.2, -0.15) is 0 Å². The second kappa shape index (κ2) is 8.43. The van der Waals surface area contributed by atoms with E-state index in [0.29, 0.717) is 28.1 Å². The molecule has 7 heteroatoms. The number of allylic oxidation sites excluding steroid dienone is 1. The molecule has 130 valence electrons. The molecule has 0 spiro atoms. The van der Waals surface area contributed by atoms with Crippen molar-refractivity contribution < 1.29 is 19.2 Å². The number of nitrogens with zero attached hydrogens (tertiary/aromatic N) is 1. The van der Waals surface area contributed by atoms with Gasteiger partial charge >= 0.3 is 0 Å². The highest BCUT2D eigenvalue weighted by Crippen LogP contribution is 2.37. The van der Waals surface area contributed by atoms with Gasteiger partial charge in [-0.25, -0.2) is 0 Å². The van der Waals surface area contributed by atoms with Gasteiger partial charge in [-0.1, -0.05) is 18.2 Å². The van der Waals surface area contributed by atoms with E-state index in [1.54, 1.807) is 24.3 Å². The molecule has 6 nitrogen and oxygen atoms in total. The molecule has 2 aromatic carbocycles. The van der Waals surface area contributed by atoms with Crippen molar-refractivity contribution in [2.24, 2.45) is 0 Å². The Balaban J connectivity index is 2.33. The minimum atomic E-state index is -0.571. The number of nitro groups is 1. The Morgan fingerprint density at radius 3 is 2.68 bits per heavy atom. The largest absolute Gasteiger partial charge is 0.492 e. The smallest absolute Gasteiger partial charge is 0.280 e. The lowest BCUT2D eigenvalue weighted by atomic mass is 10.1. The number of ether oxygens (including phenoxy) is 2. The first-order chi connectivity index (χ1) is 12.0. The van der Waals surface area contributed by atoms with Crippen molar-refractivity contribution in [1.82, 2.24) is 0 Å². The zero-order chi connectivity index (χ0) is 18.4. The minimum Gasteiger partial charge on any atom is -0.492 e. The summed E-state index contributed by atoms with van der Waals surface area (Å²) >= 11 is 3.40. The van der Waals surface area contributed by atoms with Crippen molar-refractivity contribution in [1.29, 1.82) is 0 Å². The molecule has 0 radical (unpaired) electrons. The van der Waals surface area contributed by atoms with Crippen LogP contribution in [0.15, 0.2) is 46.9 Å². The fraction of sp³-hybridized carbons (Fsp3) is 0.167. The lowest BCUT2D eigenvalue weighted by molar-refractivity contribution is -0.385. The maximum atomic E-state index is 12.3. The molecule has 0 aliphatic heterocycles. The summed E-state index contributed by atoms with van der Waals surface area (Å²) in [6.45, 7) is 2.32. The van der Waals surface area contributed by atoms with Crippen LogP contribution in [0.2, 0.25) is 0 Å². The molecule has 2 rings (SSSR count). The van der Waals surface area contributed by atoms with E-state index in [9.17, 15) is 14.9 Å². The van der Waals surface area contributed by atoms with Crippen LogP contribution < -0.4 is 9.47 Å². The number of halogens is 1. The third-order valence-corrected chi connectivity index (χ3v) is 3.92. The third-order valence-electron chi connectivity index (χ3n) is 3.33. The first-order valence-corrected chi connectivity index (χ1v) is 8.23. The van der Waals surface area contributed by atoms with Crippen molar-refractivity contribution in [3.05, 3.63) is 68.2 Å². The average Bonchev–Trinajstić information content (AvgIpc) is 2.59. The Hall–Kier alpha value is -2.67. The standard InChI is InChI=1S/C18H16BrNO5/c1-3-25-17-11-12(10-14(19)18(17)24-2)8-9-16(21)13-6-4-5-7-15(13)20(22)23/h4-11H,3H2,1-2H3/b9-8+. The van der Waals surface area contributed by atoms with Gasteiger partial charge in [0.25, 0.3) is 5.69 Å². The molecular formula is C18H16BrNO5. The van der Waals surface area contributed by atoms with Crippen LogP contribution >= 0.6 is 15.9 Å². The normalized spacial score (nSPS) is 10.7. The Kier molecular flexibility index (Phi) is 6.30. The van der Waals surface area contributed by atoms with Crippen LogP contribution in [0.1, 0.15) is 22.8 Å². The van der Waals surface area contributed by atoms with Gasteiger partial charge in [0.2, 0.25) is 0 Å². The number of carbonyl (C=O) groups is 1. The van der Waals surface area contributed by atoms with Crippen molar-refractivity contribution in [3.63, 3.8) is 0 Å². The van der Waals surface area contributed by atoms with Gasteiger partial charge in [-0.3, -0.25) is 14.9 Å². The Bertz CT molecular complexity index is 832. The summed E-state index contributed by atoms with van der Waals surface area (Å²) < 4.78 is 11.5. The summed E-state index contributed by atoms with van der Waals surface area (Å²) in [6.07, 6.45) is 2.87. The number of para-hydroxylation sites is 1. The zero-order valence-electron chi connectivity index (χ0n) is 13.7. The first-order valence-electron chi connectivity index (χ1n) is 7.44. The molecule has 0 bridgehead atoms. The molecule has 0 saturated carbocycles. The zero-order valence-corrected chi connectivity index (χ0v) is 15.3. The van der Waals surface area contributed by atoms with E-state index >= 15 is 0 Å². The van der Waals surface area contributed by atoms with E-state index in [1.807, 2.05) is 6.92 Å².